The van der Waals surface area contributed by atoms with E-state index in [2.05, 4.69) is 27.7 Å². The third-order valence-electron chi connectivity index (χ3n) is 5.60. The molecule has 150 valence electrons. The average molecular weight is 401 g/mol. The van der Waals surface area contributed by atoms with E-state index in [9.17, 15) is 9.59 Å². The lowest BCUT2D eigenvalue weighted by Gasteiger charge is -2.28. The third kappa shape index (κ3) is 4.70. The van der Waals surface area contributed by atoms with Gasteiger partial charge in [-0.15, -0.1) is 11.8 Å². The van der Waals surface area contributed by atoms with Gasteiger partial charge in [0.15, 0.2) is 0 Å². The first kappa shape index (κ1) is 19.3. The lowest BCUT2D eigenvalue weighted by Crippen LogP contribution is -2.42. The van der Waals surface area contributed by atoms with E-state index in [-0.39, 0.29) is 17.9 Å². The van der Waals surface area contributed by atoms with Crippen molar-refractivity contribution in [2.45, 2.75) is 31.7 Å². The number of piperidine rings is 1. The van der Waals surface area contributed by atoms with Crippen LogP contribution in [0.15, 0.2) is 35.9 Å². The molecule has 0 saturated carbocycles. The van der Waals surface area contributed by atoms with E-state index in [0.29, 0.717) is 13.0 Å². The number of nitrogens with one attached hydrogen (secondary N) is 2. The lowest BCUT2D eigenvalue weighted by molar-refractivity contribution is -0.131. The van der Waals surface area contributed by atoms with Crippen molar-refractivity contribution in [1.82, 2.24) is 10.2 Å². The first-order chi connectivity index (χ1) is 13.7. The van der Waals surface area contributed by atoms with Crippen LogP contribution < -0.4 is 15.5 Å². The van der Waals surface area contributed by atoms with Crippen LogP contribution in [0.2, 0.25) is 0 Å². The molecule has 6 nitrogen and oxygen atoms in total. The minimum absolute atomic E-state index is 0.132. The molecule has 0 radical (unpaired) electrons. The first-order valence-electron chi connectivity index (χ1n) is 10.1. The summed E-state index contributed by atoms with van der Waals surface area (Å²) in [6.45, 7) is 3.65. The highest BCUT2D eigenvalue weighted by Gasteiger charge is 2.30. The monoisotopic (exact) mass is 400 g/mol. The summed E-state index contributed by atoms with van der Waals surface area (Å²) in [4.78, 5) is 29.1. The van der Waals surface area contributed by atoms with Gasteiger partial charge < -0.3 is 20.4 Å². The number of amides is 2. The van der Waals surface area contributed by atoms with Crippen LogP contribution >= 0.6 is 11.8 Å². The van der Waals surface area contributed by atoms with Gasteiger partial charge in [-0.25, -0.2) is 0 Å². The van der Waals surface area contributed by atoms with Crippen molar-refractivity contribution in [3.05, 3.63) is 35.9 Å². The molecule has 3 heterocycles. The second kappa shape index (κ2) is 9.01. The Bertz CT molecular complexity index is 737. The molecular weight excluding hydrogens is 372 g/mol. The SMILES string of the molecule is O=C(C=C1CN[C@H](C(=O)N2CCSC2)C1)Nc1ccc(N2CCCCC2)cc1. The zero-order chi connectivity index (χ0) is 19.3. The number of anilines is 2. The number of carbonyl (C=O) groups excluding carboxylic acids is 2. The van der Waals surface area contributed by atoms with Crippen molar-refractivity contribution < 1.29 is 9.59 Å². The molecule has 0 unspecified atom stereocenters. The van der Waals surface area contributed by atoms with Crippen LogP contribution in [0, 0.1) is 0 Å². The minimum atomic E-state index is -0.193. The summed E-state index contributed by atoms with van der Waals surface area (Å²) >= 11 is 1.79. The zero-order valence-corrected chi connectivity index (χ0v) is 17.0. The fourth-order valence-electron chi connectivity index (χ4n) is 4.03. The van der Waals surface area contributed by atoms with Crippen molar-refractivity contribution in [3.63, 3.8) is 0 Å². The quantitative estimate of drug-likeness (QED) is 0.760. The Labute approximate surface area is 170 Å². The molecule has 1 atom stereocenters. The van der Waals surface area contributed by atoms with E-state index >= 15 is 0 Å². The summed E-state index contributed by atoms with van der Waals surface area (Å²) in [6, 6.07) is 7.89. The Kier molecular flexibility index (Phi) is 6.22. The maximum Gasteiger partial charge on any atom is 0.248 e. The number of hydrogen-bond donors (Lipinski definition) is 2. The molecule has 7 heteroatoms. The summed E-state index contributed by atoms with van der Waals surface area (Å²) in [5, 5.41) is 6.18. The Morgan fingerprint density at radius 3 is 2.61 bits per heavy atom. The molecular formula is C21H28N4O2S. The summed E-state index contributed by atoms with van der Waals surface area (Å²) in [5.74, 6) is 1.82. The normalized spacial score (nSPS) is 24.0. The van der Waals surface area contributed by atoms with Crippen molar-refractivity contribution >= 4 is 35.0 Å². The molecule has 4 rings (SSSR count). The van der Waals surface area contributed by atoms with Gasteiger partial charge in [0.1, 0.15) is 0 Å². The highest BCUT2D eigenvalue weighted by Crippen LogP contribution is 2.23. The van der Waals surface area contributed by atoms with Gasteiger partial charge in [-0.2, -0.15) is 0 Å². The topological polar surface area (TPSA) is 64.7 Å². The predicted molar refractivity (Wildman–Crippen MR) is 115 cm³/mol. The molecule has 0 aromatic heterocycles. The van der Waals surface area contributed by atoms with Crippen LogP contribution in [0.1, 0.15) is 25.7 Å². The average Bonchev–Trinajstić information content (AvgIpc) is 3.41. The molecule has 3 aliphatic rings. The molecule has 3 aliphatic heterocycles. The van der Waals surface area contributed by atoms with Crippen molar-refractivity contribution in [3.8, 4) is 0 Å². The van der Waals surface area contributed by atoms with Crippen molar-refractivity contribution in [2.75, 3.05) is 48.0 Å². The summed E-state index contributed by atoms with van der Waals surface area (Å²) in [6.07, 6.45) is 6.07. The van der Waals surface area contributed by atoms with Gasteiger partial charge in [-0.3, -0.25) is 9.59 Å². The molecule has 0 aliphatic carbocycles. The van der Waals surface area contributed by atoms with E-state index < -0.39 is 0 Å². The molecule has 3 saturated heterocycles. The van der Waals surface area contributed by atoms with Crippen LogP contribution in [0.3, 0.4) is 0 Å². The second-order valence-corrected chi connectivity index (χ2v) is 8.74. The van der Waals surface area contributed by atoms with Crippen LogP contribution in [0.4, 0.5) is 11.4 Å². The maximum atomic E-state index is 12.5. The Balaban J connectivity index is 1.29. The zero-order valence-electron chi connectivity index (χ0n) is 16.2. The lowest BCUT2D eigenvalue weighted by atomic mass is 10.1. The van der Waals surface area contributed by atoms with Crippen molar-refractivity contribution in [1.29, 1.82) is 0 Å². The number of carbonyl (C=O) groups is 2. The molecule has 2 amide bonds. The molecule has 28 heavy (non-hydrogen) atoms. The summed E-state index contributed by atoms with van der Waals surface area (Å²) in [7, 11) is 0. The molecule has 1 aromatic carbocycles. The van der Waals surface area contributed by atoms with Crippen LogP contribution in [0.5, 0.6) is 0 Å². The second-order valence-electron chi connectivity index (χ2n) is 7.66. The number of nitrogens with zero attached hydrogens (tertiary/aromatic N) is 2. The van der Waals surface area contributed by atoms with E-state index in [0.717, 1.165) is 42.5 Å². The number of benzene rings is 1. The van der Waals surface area contributed by atoms with Crippen molar-refractivity contribution in [2.24, 2.45) is 0 Å². The fourth-order valence-corrected chi connectivity index (χ4v) is 4.98. The van der Waals surface area contributed by atoms with Crippen LogP contribution in [-0.4, -0.2) is 60.6 Å². The highest BCUT2D eigenvalue weighted by molar-refractivity contribution is 7.99. The number of hydrogen-bond acceptors (Lipinski definition) is 5. The van der Waals surface area contributed by atoms with E-state index in [1.807, 2.05) is 17.0 Å². The summed E-state index contributed by atoms with van der Waals surface area (Å²) < 4.78 is 0. The van der Waals surface area contributed by atoms with Gasteiger partial charge in [-0.1, -0.05) is 0 Å². The van der Waals surface area contributed by atoms with Gasteiger partial charge in [0.05, 0.1) is 11.9 Å². The molecule has 0 bridgehead atoms. The summed E-state index contributed by atoms with van der Waals surface area (Å²) in [5.41, 5.74) is 3.00. The van der Waals surface area contributed by atoms with Gasteiger partial charge in [0.25, 0.3) is 0 Å². The standard InChI is InChI=1S/C21H28N4O2S/c26-20(13-16-12-19(22-14-16)21(27)25-10-11-28-15-25)23-17-4-6-18(7-5-17)24-8-2-1-3-9-24/h4-7,13,19,22H,1-3,8-12,14-15H2,(H,23,26)/t19-/m0/s1. The largest absolute Gasteiger partial charge is 0.372 e. The van der Waals surface area contributed by atoms with Gasteiger partial charge in [0.2, 0.25) is 11.8 Å². The Hall–Kier alpha value is -1.99. The van der Waals surface area contributed by atoms with E-state index in [1.54, 1.807) is 17.8 Å². The molecule has 2 N–H and O–H groups in total. The number of rotatable bonds is 4. The third-order valence-corrected chi connectivity index (χ3v) is 6.56. The van der Waals surface area contributed by atoms with E-state index in [1.165, 1.54) is 24.9 Å². The number of thioether (sulfide) groups is 1. The highest BCUT2D eigenvalue weighted by atomic mass is 32.2. The fraction of sp³-hybridized carbons (Fsp3) is 0.524. The Morgan fingerprint density at radius 2 is 1.89 bits per heavy atom. The predicted octanol–water partition coefficient (Wildman–Crippen LogP) is 2.44. The van der Waals surface area contributed by atoms with Gasteiger partial charge >= 0.3 is 0 Å². The Morgan fingerprint density at radius 1 is 1.11 bits per heavy atom. The van der Waals surface area contributed by atoms with Crippen LogP contribution in [0.25, 0.3) is 0 Å². The smallest absolute Gasteiger partial charge is 0.248 e. The van der Waals surface area contributed by atoms with Crippen LogP contribution in [-0.2, 0) is 9.59 Å². The van der Waals surface area contributed by atoms with Gasteiger partial charge in [0, 0.05) is 49.4 Å². The molecule has 3 fully saturated rings. The first-order valence-corrected chi connectivity index (χ1v) is 11.3. The van der Waals surface area contributed by atoms with Gasteiger partial charge in [-0.05, 0) is 55.5 Å². The molecule has 1 aromatic rings. The molecule has 0 spiro atoms. The van der Waals surface area contributed by atoms with E-state index in [4.69, 9.17) is 0 Å². The maximum absolute atomic E-state index is 12.5. The minimum Gasteiger partial charge on any atom is -0.372 e.